The summed E-state index contributed by atoms with van der Waals surface area (Å²) in [6.07, 6.45) is 3.83. The van der Waals surface area contributed by atoms with Crippen molar-refractivity contribution in [2.75, 3.05) is 11.9 Å². The molecule has 1 aliphatic heterocycles. The van der Waals surface area contributed by atoms with Crippen LogP contribution in [0.25, 0.3) is 67.2 Å². The van der Waals surface area contributed by atoms with Gasteiger partial charge in [0.2, 0.25) is 0 Å². The first-order chi connectivity index (χ1) is 30.1. The fraction of sp³-hybridized carbons (Fsp3) is 0.125. The molecule has 9 rings (SSSR count). The number of halogens is 2. The molecule has 8 aromatic rings. The Balaban J connectivity index is 0.000000205. The number of pyridine rings is 2. The van der Waals surface area contributed by atoms with Gasteiger partial charge in [-0.15, -0.1) is 90.6 Å². The predicted molar refractivity (Wildman–Crippen MR) is 249 cm³/mol. The Morgan fingerprint density at radius 2 is 1.06 bits per heavy atom. The zero-order valence-electron chi connectivity index (χ0n) is 35.8. The van der Waals surface area contributed by atoms with E-state index in [1.54, 1.807) is 0 Å². The Bertz CT molecular complexity index is 2640. The van der Waals surface area contributed by atoms with Crippen LogP contribution in [0.4, 0.5) is 14.6 Å². The first-order valence-corrected chi connectivity index (χ1v) is 20.8. The summed E-state index contributed by atoms with van der Waals surface area (Å²) in [5, 5.41) is 0. The average molecular weight is 1010 g/mol. The molecule has 0 aliphatic carbocycles. The smallest absolute Gasteiger partial charge is 0.0949 e. The summed E-state index contributed by atoms with van der Waals surface area (Å²) in [4.78, 5) is 13.4. The Labute approximate surface area is 384 Å². The minimum absolute atomic E-state index is 0. The van der Waals surface area contributed by atoms with Crippen molar-refractivity contribution >= 4 is 5.82 Å². The van der Waals surface area contributed by atoms with E-state index in [0.717, 1.165) is 51.3 Å². The van der Waals surface area contributed by atoms with Gasteiger partial charge in [-0.25, -0.2) is 0 Å². The molecule has 3 heterocycles. The van der Waals surface area contributed by atoms with E-state index in [4.69, 9.17) is 9.97 Å². The van der Waals surface area contributed by atoms with E-state index in [-0.39, 0.29) is 37.5 Å². The van der Waals surface area contributed by atoms with Crippen LogP contribution in [0, 0.1) is 36.5 Å². The van der Waals surface area contributed by atoms with Gasteiger partial charge in [0.05, 0.1) is 5.82 Å². The Hall–Kier alpha value is -6.53. The van der Waals surface area contributed by atoms with Crippen molar-refractivity contribution in [1.29, 1.82) is 0 Å². The van der Waals surface area contributed by atoms with Crippen LogP contribution in [0.3, 0.4) is 0 Å². The maximum atomic E-state index is 14.9. The molecule has 0 saturated carbocycles. The van der Waals surface area contributed by atoms with Crippen molar-refractivity contribution in [3.8, 4) is 67.2 Å². The Kier molecular flexibility index (Phi) is 14.2. The molecule has 7 heteroatoms. The summed E-state index contributed by atoms with van der Waals surface area (Å²) in [5.74, 6) is -0.228. The molecule has 0 spiro atoms. The molecule has 0 amide bonds. The molecule has 0 fully saturated rings. The third-order valence-corrected chi connectivity index (χ3v) is 10.7. The monoisotopic (exact) mass is 1010 g/mol. The van der Waals surface area contributed by atoms with Gasteiger partial charge < -0.3 is 14.8 Å². The number of rotatable bonds is 9. The largest absolute Gasteiger partial charge is 0.510 e. The first kappa shape index (κ1) is 44.5. The fourth-order valence-corrected chi connectivity index (χ4v) is 7.59. The van der Waals surface area contributed by atoms with Gasteiger partial charge in [0.1, 0.15) is 0 Å². The maximum Gasteiger partial charge on any atom is 0.0949 e. The molecular weight excluding hydrogens is 959 g/mol. The average Bonchev–Trinajstić information content (AvgIpc) is 3.75. The zero-order valence-corrected chi connectivity index (χ0v) is 38.2. The number of aromatic nitrogens is 2. The van der Waals surface area contributed by atoms with E-state index in [0.29, 0.717) is 11.5 Å². The molecule has 2 aromatic heterocycles. The minimum Gasteiger partial charge on any atom is -0.510 e. The SMILES string of the molecule is CC(C)c1cc(-c2ccccc2)cc(C(C)C)c1-c1cc(-c2[c-]cc(F)cc2F)nc(N2C=CN(C)[CH-]2)c1.[Ir].[c-]1ccccc1-c1cc(-c2ccccc2)cc(-c2[c-]cccc2)n1. The molecule has 317 valence electrons. The Morgan fingerprint density at radius 1 is 0.540 bits per heavy atom. The van der Waals surface area contributed by atoms with Crippen molar-refractivity contribution in [2.45, 2.75) is 39.5 Å². The van der Waals surface area contributed by atoms with E-state index >= 15 is 0 Å². The van der Waals surface area contributed by atoms with Crippen LogP contribution < -0.4 is 4.90 Å². The topological polar surface area (TPSA) is 32.3 Å². The van der Waals surface area contributed by atoms with Crippen LogP contribution in [0.15, 0.2) is 170 Å². The van der Waals surface area contributed by atoms with Crippen molar-refractivity contribution in [3.63, 3.8) is 0 Å². The third-order valence-electron chi connectivity index (χ3n) is 10.7. The number of anilines is 1. The summed E-state index contributed by atoms with van der Waals surface area (Å²) < 4.78 is 28.7. The zero-order chi connectivity index (χ0) is 43.2. The standard InChI is InChI=1S/C33H31F2N3.C23H15N.Ir/c1-21(2)28-15-24(23-9-7-6-8-10-23)16-29(22(3)4)33(28)25-17-31(27-12-11-26(34)19-30(27)35)36-32(18-25)38-14-13-37(5)20-38;1-4-10-18(11-5-1)21-16-22(19-12-6-2-7-13-19)24-23(17-21)20-14-8-3-9-15-20;/h6-11,13-22H,1-5H3;1-12,14,16-17H;/q2*-2;. The normalized spacial score (nSPS) is 12.0. The van der Waals surface area contributed by atoms with Gasteiger partial charge in [0, 0.05) is 31.7 Å². The van der Waals surface area contributed by atoms with Crippen LogP contribution in [0.5, 0.6) is 0 Å². The minimum atomic E-state index is -0.689. The van der Waals surface area contributed by atoms with Crippen LogP contribution in [-0.2, 0) is 20.1 Å². The van der Waals surface area contributed by atoms with E-state index in [9.17, 15) is 8.78 Å². The number of nitrogens with zero attached hydrogens (tertiary/aromatic N) is 4. The summed E-state index contributed by atoms with van der Waals surface area (Å²) >= 11 is 0. The number of benzene rings is 6. The van der Waals surface area contributed by atoms with Crippen LogP contribution in [0.2, 0.25) is 0 Å². The molecule has 63 heavy (non-hydrogen) atoms. The van der Waals surface area contributed by atoms with E-state index in [1.807, 2.05) is 109 Å². The summed E-state index contributed by atoms with van der Waals surface area (Å²) in [6.45, 7) is 10.7. The first-order valence-electron chi connectivity index (χ1n) is 20.8. The molecule has 0 saturated heterocycles. The van der Waals surface area contributed by atoms with E-state index < -0.39 is 11.6 Å². The molecule has 6 aromatic carbocycles. The van der Waals surface area contributed by atoms with Crippen LogP contribution in [-0.4, -0.2) is 21.9 Å². The molecular formula is C56H46F2IrN4-4. The second-order valence-corrected chi connectivity index (χ2v) is 15.9. The third kappa shape index (κ3) is 10.4. The maximum absolute atomic E-state index is 14.9. The van der Waals surface area contributed by atoms with Crippen molar-refractivity contribution < 1.29 is 28.9 Å². The molecule has 0 atom stereocenters. The van der Waals surface area contributed by atoms with Gasteiger partial charge in [-0.2, -0.15) is 0 Å². The predicted octanol–water partition coefficient (Wildman–Crippen LogP) is 14.4. The summed E-state index contributed by atoms with van der Waals surface area (Å²) in [6, 6.07) is 60.7. The molecule has 4 nitrogen and oxygen atoms in total. The second-order valence-electron chi connectivity index (χ2n) is 15.9. The molecule has 0 unspecified atom stereocenters. The van der Waals surface area contributed by atoms with Crippen LogP contribution in [0.1, 0.15) is 50.7 Å². The van der Waals surface area contributed by atoms with E-state index in [2.05, 4.69) is 119 Å². The fourth-order valence-electron chi connectivity index (χ4n) is 7.59. The van der Waals surface area contributed by atoms with Gasteiger partial charge in [0.25, 0.3) is 0 Å². The van der Waals surface area contributed by atoms with Crippen molar-refractivity contribution in [2.24, 2.45) is 0 Å². The molecule has 0 bridgehead atoms. The number of hydrogen-bond acceptors (Lipinski definition) is 4. The summed E-state index contributed by atoms with van der Waals surface area (Å²) in [7, 11) is 1.94. The van der Waals surface area contributed by atoms with Crippen LogP contribution >= 0.6 is 0 Å². The molecule has 1 aliphatic rings. The summed E-state index contributed by atoms with van der Waals surface area (Å²) in [5.41, 5.74) is 13.5. The van der Waals surface area contributed by atoms with Crippen molar-refractivity contribution in [1.82, 2.24) is 14.9 Å². The van der Waals surface area contributed by atoms with Gasteiger partial charge in [-0.05, 0) is 98.9 Å². The molecule has 0 N–H and O–H groups in total. The van der Waals surface area contributed by atoms with E-state index in [1.165, 1.54) is 27.8 Å². The van der Waals surface area contributed by atoms with Gasteiger partial charge in [-0.3, -0.25) is 13.8 Å². The second kappa shape index (κ2) is 20.1. The quantitative estimate of drug-likeness (QED) is 0.135. The van der Waals surface area contributed by atoms with Gasteiger partial charge in [-0.1, -0.05) is 130 Å². The van der Waals surface area contributed by atoms with Crippen molar-refractivity contribution in [3.05, 3.63) is 218 Å². The Morgan fingerprint density at radius 3 is 1.54 bits per heavy atom. The van der Waals surface area contributed by atoms with Gasteiger partial charge in [0.15, 0.2) is 0 Å². The number of hydrogen-bond donors (Lipinski definition) is 0. The van der Waals surface area contributed by atoms with Gasteiger partial charge >= 0.3 is 0 Å². The molecule has 1 radical (unpaired) electrons.